The quantitative estimate of drug-likeness (QED) is 0.513. The van der Waals surface area contributed by atoms with Gasteiger partial charge in [-0.05, 0) is 43.2 Å². The topological polar surface area (TPSA) is 66.9 Å². The Bertz CT molecular complexity index is 1050. The molecular weight excluding hydrogens is 432 g/mol. The molecule has 3 heterocycles. The van der Waals surface area contributed by atoms with Crippen LogP contribution in [0.5, 0.6) is 5.75 Å². The molecule has 0 spiro atoms. The average Bonchev–Trinajstić information content (AvgIpc) is 3.41. The van der Waals surface area contributed by atoms with Gasteiger partial charge in [0.1, 0.15) is 18.0 Å². The zero-order valence-electron chi connectivity index (χ0n) is 17.1. The van der Waals surface area contributed by atoms with Crippen molar-refractivity contribution in [1.82, 2.24) is 4.90 Å². The van der Waals surface area contributed by atoms with Gasteiger partial charge in [0.05, 0.1) is 15.8 Å². The molecule has 3 aliphatic rings. The number of ether oxygens (including phenoxy) is 1. The maximum atomic E-state index is 13.2. The molecule has 0 N–H and O–H groups in total. The predicted octanol–water partition coefficient (Wildman–Crippen LogP) is 4.07. The van der Waals surface area contributed by atoms with Gasteiger partial charge in [0.25, 0.3) is 5.91 Å². The second-order valence-electron chi connectivity index (χ2n) is 7.97. The first-order chi connectivity index (χ1) is 15.0. The Morgan fingerprint density at radius 2 is 1.81 bits per heavy atom. The van der Waals surface area contributed by atoms with Crippen LogP contribution in [-0.2, 0) is 9.59 Å². The van der Waals surface area contributed by atoms with E-state index in [1.54, 1.807) is 35.2 Å². The fraction of sp³-hybridized carbons (Fsp3) is 0.348. The van der Waals surface area contributed by atoms with Crippen LogP contribution < -0.4 is 9.64 Å². The van der Waals surface area contributed by atoms with Crippen molar-refractivity contribution in [3.63, 3.8) is 0 Å². The lowest BCUT2D eigenvalue weighted by Crippen LogP contribution is -2.63. The molecule has 6 nitrogen and oxygen atoms in total. The average molecular weight is 455 g/mol. The number of fused-ring (bicyclic) bond motifs is 3. The number of anilines is 1. The van der Waals surface area contributed by atoms with Crippen LogP contribution in [0, 0.1) is 0 Å². The standard InChI is InChI=1S/C23H22N2O4S2/c1-23-11-10-19(26)25(23)18-5-3-2-4-17(18)21(28)24(23)14-20(27)29-16-8-6-15(7-9-16)22-30-12-13-31-22/h2-9,22H,10-14H2,1H3. The van der Waals surface area contributed by atoms with Crippen molar-refractivity contribution in [1.29, 1.82) is 0 Å². The molecule has 5 rings (SSSR count). The normalized spacial score (nSPS) is 23.1. The van der Waals surface area contributed by atoms with E-state index in [0.29, 0.717) is 34.4 Å². The molecule has 3 aliphatic heterocycles. The maximum absolute atomic E-state index is 13.2. The van der Waals surface area contributed by atoms with Crippen LogP contribution in [0.3, 0.4) is 0 Å². The first kappa shape index (κ1) is 20.5. The summed E-state index contributed by atoms with van der Waals surface area (Å²) in [5.74, 6) is 1.93. The molecule has 2 amide bonds. The van der Waals surface area contributed by atoms with Gasteiger partial charge in [-0.25, -0.2) is 4.79 Å². The highest BCUT2D eigenvalue weighted by atomic mass is 32.2. The van der Waals surface area contributed by atoms with Crippen LogP contribution in [0.2, 0.25) is 0 Å². The van der Waals surface area contributed by atoms with Crippen molar-refractivity contribution < 1.29 is 19.1 Å². The number of hydrogen-bond acceptors (Lipinski definition) is 6. The van der Waals surface area contributed by atoms with Crippen LogP contribution in [0.4, 0.5) is 5.69 Å². The second kappa shape index (κ2) is 7.91. The molecule has 0 aromatic heterocycles. The summed E-state index contributed by atoms with van der Waals surface area (Å²) in [5.41, 5.74) is 1.38. The number of esters is 1. The highest BCUT2D eigenvalue weighted by Crippen LogP contribution is 2.46. The summed E-state index contributed by atoms with van der Waals surface area (Å²) in [6.07, 6.45) is 0.812. The van der Waals surface area contributed by atoms with E-state index < -0.39 is 11.6 Å². The van der Waals surface area contributed by atoms with E-state index in [-0.39, 0.29) is 18.4 Å². The number of amides is 2. The molecule has 1 atom stereocenters. The predicted molar refractivity (Wildman–Crippen MR) is 122 cm³/mol. The molecule has 31 heavy (non-hydrogen) atoms. The van der Waals surface area contributed by atoms with E-state index in [0.717, 1.165) is 11.5 Å². The van der Waals surface area contributed by atoms with Crippen LogP contribution in [0.25, 0.3) is 0 Å². The summed E-state index contributed by atoms with van der Waals surface area (Å²) in [7, 11) is 0. The number of carbonyl (C=O) groups excluding carboxylic acids is 3. The largest absolute Gasteiger partial charge is 0.425 e. The van der Waals surface area contributed by atoms with Gasteiger partial charge in [-0.2, -0.15) is 0 Å². The highest BCUT2D eigenvalue weighted by molar-refractivity contribution is 8.19. The van der Waals surface area contributed by atoms with E-state index in [9.17, 15) is 14.4 Å². The van der Waals surface area contributed by atoms with Gasteiger partial charge < -0.3 is 9.64 Å². The number of carbonyl (C=O) groups is 3. The second-order valence-corrected chi connectivity index (χ2v) is 10.7. The summed E-state index contributed by atoms with van der Waals surface area (Å²) in [4.78, 5) is 41.7. The molecule has 2 aromatic carbocycles. The molecule has 0 bridgehead atoms. The fourth-order valence-electron chi connectivity index (χ4n) is 4.48. The van der Waals surface area contributed by atoms with E-state index >= 15 is 0 Å². The minimum absolute atomic E-state index is 0.0425. The van der Waals surface area contributed by atoms with Crippen LogP contribution in [-0.4, -0.2) is 46.4 Å². The third-order valence-electron chi connectivity index (χ3n) is 6.04. The number of rotatable bonds is 4. The van der Waals surface area contributed by atoms with Crippen LogP contribution >= 0.6 is 23.5 Å². The monoisotopic (exact) mass is 454 g/mol. The number of thioether (sulfide) groups is 2. The van der Waals surface area contributed by atoms with Gasteiger partial charge in [-0.1, -0.05) is 24.3 Å². The molecule has 2 aromatic rings. The molecule has 8 heteroatoms. The molecule has 0 radical (unpaired) electrons. The lowest BCUT2D eigenvalue weighted by atomic mass is 9.98. The molecule has 0 saturated carbocycles. The van der Waals surface area contributed by atoms with Gasteiger partial charge in [0, 0.05) is 17.9 Å². The SMILES string of the molecule is CC12CCC(=O)N1c1ccccc1C(=O)N2CC(=O)Oc1ccc(C2SCCS2)cc1. The van der Waals surface area contributed by atoms with Crippen molar-refractivity contribution in [2.24, 2.45) is 0 Å². The molecule has 0 aliphatic carbocycles. The summed E-state index contributed by atoms with van der Waals surface area (Å²) < 4.78 is 5.97. The van der Waals surface area contributed by atoms with Crippen molar-refractivity contribution in [3.8, 4) is 5.75 Å². The maximum Gasteiger partial charge on any atom is 0.331 e. The van der Waals surface area contributed by atoms with Crippen molar-refractivity contribution in [2.75, 3.05) is 23.0 Å². The lowest BCUT2D eigenvalue weighted by Gasteiger charge is -2.48. The third kappa shape index (κ3) is 3.51. The van der Waals surface area contributed by atoms with E-state index in [1.165, 1.54) is 10.5 Å². The Hall–Kier alpha value is -2.45. The van der Waals surface area contributed by atoms with Crippen LogP contribution in [0.15, 0.2) is 48.5 Å². The Morgan fingerprint density at radius 1 is 1.10 bits per heavy atom. The van der Waals surface area contributed by atoms with Gasteiger partial charge in [-0.15, -0.1) is 23.5 Å². The molecular formula is C23H22N2O4S2. The molecule has 160 valence electrons. The zero-order valence-corrected chi connectivity index (χ0v) is 18.7. The van der Waals surface area contributed by atoms with Crippen LogP contribution in [0.1, 0.15) is 40.3 Å². The number of benzene rings is 2. The zero-order chi connectivity index (χ0) is 21.6. The summed E-state index contributed by atoms with van der Waals surface area (Å²) in [6, 6.07) is 14.6. The fourth-order valence-corrected chi connectivity index (χ4v) is 7.34. The molecule has 2 fully saturated rings. The van der Waals surface area contributed by atoms with Gasteiger partial charge >= 0.3 is 5.97 Å². The van der Waals surface area contributed by atoms with E-state index in [4.69, 9.17) is 4.74 Å². The summed E-state index contributed by atoms with van der Waals surface area (Å²) in [6.45, 7) is 1.62. The van der Waals surface area contributed by atoms with E-state index in [2.05, 4.69) is 0 Å². The molecule has 1 unspecified atom stereocenters. The van der Waals surface area contributed by atoms with Gasteiger partial charge in [0.2, 0.25) is 5.91 Å². The van der Waals surface area contributed by atoms with Crippen molar-refractivity contribution in [3.05, 3.63) is 59.7 Å². The first-order valence-electron chi connectivity index (χ1n) is 10.3. The van der Waals surface area contributed by atoms with E-state index in [1.807, 2.05) is 48.6 Å². The van der Waals surface area contributed by atoms with Crippen molar-refractivity contribution in [2.45, 2.75) is 30.0 Å². The Kier molecular flexibility index (Phi) is 5.22. The van der Waals surface area contributed by atoms with Gasteiger partial charge in [-0.3, -0.25) is 14.5 Å². The summed E-state index contributed by atoms with van der Waals surface area (Å²) in [5, 5.41) is 0. The number of nitrogens with zero attached hydrogens (tertiary/aromatic N) is 2. The lowest BCUT2D eigenvalue weighted by molar-refractivity contribution is -0.136. The highest BCUT2D eigenvalue weighted by Gasteiger charge is 2.53. The van der Waals surface area contributed by atoms with Gasteiger partial charge in [0.15, 0.2) is 0 Å². The van der Waals surface area contributed by atoms with Crippen molar-refractivity contribution >= 4 is 47.0 Å². The Balaban J connectivity index is 1.35. The third-order valence-corrected chi connectivity index (χ3v) is 9.14. The number of hydrogen-bond donors (Lipinski definition) is 0. The minimum atomic E-state index is -0.873. The summed E-state index contributed by atoms with van der Waals surface area (Å²) >= 11 is 3.84. The first-order valence-corrected chi connectivity index (χ1v) is 12.3. The Labute approximate surface area is 189 Å². The minimum Gasteiger partial charge on any atom is -0.425 e. The smallest absolute Gasteiger partial charge is 0.331 e. The molecule has 2 saturated heterocycles. The Morgan fingerprint density at radius 3 is 2.55 bits per heavy atom. The number of para-hydroxylation sites is 1.